The Kier molecular flexibility index (Phi) is 3.80. The van der Waals surface area contributed by atoms with Crippen molar-refractivity contribution in [3.63, 3.8) is 0 Å². The fraction of sp³-hybridized carbons (Fsp3) is 0.263. The van der Waals surface area contributed by atoms with E-state index in [2.05, 4.69) is 0 Å². The number of aliphatic hydroxyl groups is 1. The molecule has 0 aromatic heterocycles. The van der Waals surface area contributed by atoms with Gasteiger partial charge in [-0.2, -0.15) is 0 Å². The second kappa shape index (κ2) is 5.74. The first-order chi connectivity index (χ1) is 10.2. The fourth-order valence-electron chi connectivity index (χ4n) is 2.95. The summed E-state index contributed by atoms with van der Waals surface area (Å²) in [6.07, 6.45) is 1.98. The molecule has 0 saturated carbocycles. The van der Waals surface area contributed by atoms with Gasteiger partial charge in [0.25, 0.3) is 0 Å². The zero-order chi connectivity index (χ0) is 14.7. The summed E-state index contributed by atoms with van der Waals surface area (Å²) < 4.78 is 5.89. The smallest absolute Gasteiger partial charge is 0.172 e. The van der Waals surface area contributed by atoms with Crippen molar-refractivity contribution >= 4 is 0 Å². The van der Waals surface area contributed by atoms with Gasteiger partial charge in [-0.05, 0) is 36.5 Å². The molecule has 2 heteroatoms. The van der Waals surface area contributed by atoms with Crippen molar-refractivity contribution in [3.05, 3.63) is 83.1 Å². The molecule has 0 amide bonds. The Balaban J connectivity index is 2.21. The highest BCUT2D eigenvalue weighted by Gasteiger charge is 2.39. The van der Waals surface area contributed by atoms with Crippen LogP contribution < -0.4 is 0 Å². The van der Waals surface area contributed by atoms with Crippen molar-refractivity contribution in [2.45, 2.75) is 25.4 Å². The van der Waals surface area contributed by atoms with Gasteiger partial charge in [0.15, 0.2) is 5.60 Å². The normalized spacial score (nSPS) is 15.7. The Morgan fingerprint density at radius 2 is 1.43 bits per heavy atom. The Hall–Kier alpha value is -2.06. The number of hydrogen-bond acceptors (Lipinski definition) is 2. The molecule has 2 aromatic rings. The standard InChI is InChI=1S/C19H20O2/c1-15-9-8-14-21-18(15)19(20,16-10-4-2-5-11-16)17-12-6-3-7-13-17/h2-7,10-13,20H,8-9,14H2,1H3. The van der Waals surface area contributed by atoms with Crippen LogP contribution in [-0.2, 0) is 10.3 Å². The van der Waals surface area contributed by atoms with Gasteiger partial charge in [-0.25, -0.2) is 0 Å². The zero-order valence-corrected chi connectivity index (χ0v) is 12.3. The van der Waals surface area contributed by atoms with Gasteiger partial charge in [-0.3, -0.25) is 0 Å². The maximum atomic E-state index is 11.6. The maximum absolute atomic E-state index is 11.6. The summed E-state index contributed by atoms with van der Waals surface area (Å²) in [5.74, 6) is 0.686. The van der Waals surface area contributed by atoms with E-state index in [-0.39, 0.29) is 0 Å². The number of benzene rings is 2. The minimum absolute atomic E-state index is 0.661. The van der Waals surface area contributed by atoms with Crippen LogP contribution in [0.5, 0.6) is 0 Å². The molecule has 1 heterocycles. The van der Waals surface area contributed by atoms with E-state index in [4.69, 9.17) is 4.74 Å². The average molecular weight is 280 g/mol. The molecule has 2 aromatic carbocycles. The zero-order valence-electron chi connectivity index (χ0n) is 12.3. The van der Waals surface area contributed by atoms with Gasteiger partial charge in [0, 0.05) is 0 Å². The third-order valence-electron chi connectivity index (χ3n) is 4.04. The molecular weight excluding hydrogens is 260 g/mol. The van der Waals surface area contributed by atoms with Crippen molar-refractivity contribution in [2.24, 2.45) is 0 Å². The van der Waals surface area contributed by atoms with Gasteiger partial charge in [0.1, 0.15) is 5.76 Å². The lowest BCUT2D eigenvalue weighted by Gasteiger charge is -2.35. The number of hydrogen-bond donors (Lipinski definition) is 1. The molecule has 21 heavy (non-hydrogen) atoms. The van der Waals surface area contributed by atoms with Gasteiger partial charge in [0.05, 0.1) is 6.61 Å². The van der Waals surface area contributed by atoms with E-state index in [1.165, 1.54) is 0 Å². The van der Waals surface area contributed by atoms with Crippen LogP contribution in [0.25, 0.3) is 0 Å². The van der Waals surface area contributed by atoms with Crippen molar-refractivity contribution in [1.82, 2.24) is 0 Å². The minimum atomic E-state index is -1.22. The van der Waals surface area contributed by atoms with Gasteiger partial charge in [0.2, 0.25) is 0 Å². The third kappa shape index (κ3) is 2.47. The highest BCUT2D eigenvalue weighted by molar-refractivity contribution is 5.44. The molecule has 3 rings (SSSR count). The third-order valence-corrected chi connectivity index (χ3v) is 4.04. The second-order valence-electron chi connectivity index (χ2n) is 5.50. The molecule has 0 bridgehead atoms. The lowest BCUT2D eigenvalue weighted by atomic mass is 9.82. The molecule has 0 fully saturated rings. The number of rotatable bonds is 3. The predicted molar refractivity (Wildman–Crippen MR) is 83.8 cm³/mol. The first-order valence-corrected chi connectivity index (χ1v) is 7.39. The molecular formula is C19H20O2. The van der Waals surface area contributed by atoms with E-state index in [0.717, 1.165) is 29.5 Å². The predicted octanol–water partition coefficient (Wildman–Crippen LogP) is 4.01. The molecule has 2 nitrogen and oxygen atoms in total. The number of ether oxygens (including phenoxy) is 1. The monoisotopic (exact) mass is 280 g/mol. The van der Waals surface area contributed by atoms with Gasteiger partial charge in [-0.1, -0.05) is 60.7 Å². The fourth-order valence-corrected chi connectivity index (χ4v) is 2.95. The van der Waals surface area contributed by atoms with Gasteiger partial charge in [-0.15, -0.1) is 0 Å². The van der Waals surface area contributed by atoms with Crippen LogP contribution in [-0.4, -0.2) is 11.7 Å². The Bertz CT molecular complexity index is 590. The maximum Gasteiger partial charge on any atom is 0.172 e. The molecule has 1 aliphatic rings. The van der Waals surface area contributed by atoms with Crippen LogP contribution in [0, 0.1) is 0 Å². The van der Waals surface area contributed by atoms with Gasteiger partial charge < -0.3 is 9.84 Å². The van der Waals surface area contributed by atoms with Crippen LogP contribution in [0.1, 0.15) is 30.9 Å². The second-order valence-corrected chi connectivity index (χ2v) is 5.50. The summed E-state index contributed by atoms with van der Waals surface area (Å²) in [6, 6.07) is 19.5. The summed E-state index contributed by atoms with van der Waals surface area (Å²) in [5, 5.41) is 11.6. The molecule has 0 radical (unpaired) electrons. The molecule has 1 aliphatic heterocycles. The quantitative estimate of drug-likeness (QED) is 0.920. The Labute approximate surface area is 125 Å². The van der Waals surface area contributed by atoms with Crippen LogP contribution in [0.4, 0.5) is 0 Å². The average Bonchev–Trinajstić information content (AvgIpc) is 2.56. The van der Waals surface area contributed by atoms with Crippen molar-refractivity contribution < 1.29 is 9.84 Å². The van der Waals surface area contributed by atoms with E-state index >= 15 is 0 Å². The minimum Gasteiger partial charge on any atom is -0.494 e. The molecule has 0 saturated heterocycles. The van der Waals surface area contributed by atoms with E-state index in [1.807, 2.05) is 67.6 Å². The Morgan fingerprint density at radius 1 is 0.905 bits per heavy atom. The topological polar surface area (TPSA) is 29.5 Å². The van der Waals surface area contributed by atoms with E-state index in [9.17, 15) is 5.11 Å². The first-order valence-electron chi connectivity index (χ1n) is 7.39. The SMILES string of the molecule is CC1=C(C(O)(c2ccccc2)c2ccccc2)OCCC1. The number of allylic oxidation sites excluding steroid dienone is 1. The molecule has 1 N–H and O–H groups in total. The molecule has 108 valence electrons. The summed E-state index contributed by atoms with van der Waals surface area (Å²) in [7, 11) is 0. The highest BCUT2D eigenvalue weighted by atomic mass is 16.5. The summed E-state index contributed by atoms with van der Waals surface area (Å²) in [4.78, 5) is 0. The molecule has 0 unspecified atom stereocenters. The summed E-state index contributed by atoms with van der Waals surface area (Å²) in [6.45, 7) is 2.71. The van der Waals surface area contributed by atoms with Crippen molar-refractivity contribution in [2.75, 3.05) is 6.61 Å². The molecule has 0 atom stereocenters. The van der Waals surface area contributed by atoms with Crippen molar-refractivity contribution in [1.29, 1.82) is 0 Å². The van der Waals surface area contributed by atoms with E-state index in [1.54, 1.807) is 0 Å². The van der Waals surface area contributed by atoms with Gasteiger partial charge >= 0.3 is 0 Å². The van der Waals surface area contributed by atoms with Crippen LogP contribution >= 0.6 is 0 Å². The summed E-state index contributed by atoms with van der Waals surface area (Å²) in [5.41, 5.74) is 1.59. The lowest BCUT2D eigenvalue weighted by molar-refractivity contribution is 0.0283. The van der Waals surface area contributed by atoms with Crippen molar-refractivity contribution in [3.8, 4) is 0 Å². The summed E-state index contributed by atoms with van der Waals surface area (Å²) >= 11 is 0. The van der Waals surface area contributed by atoms with Crippen LogP contribution in [0.2, 0.25) is 0 Å². The van der Waals surface area contributed by atoms with E-state index in [0.29, 0.717) is 12.4 Å². The first kappa shape index (κ1) is 13.9. The molecule has 0 spiro atoms. The Morgan fingerprint density at radius 3 is 1.90 bits per heavy atom. The van der Waals surface area contributed by atoms with E-state index < -0.39 is 5.60 Å². The van der Waals surface area contributed by atoms with Crippen LogP contribution in [0.15, 0.2) is 72.0 Å². The largest absolute Gasteiger partial charge is 0.494 e. The lowest BCUT2D eigenvalue weighted by Crippen LogP contribution is -2.33. The highest BCUT2D eigenvalue weighted by Crippen LogP contribution is 2.40. The molecule has 0 aliphatic carbocycles. The van der Waals surface area contributed by atoms with Crippen LogP contribution in [0.3, 0.4) is 0 Å².